The van der Waals surface area contributed by atoms with E-state index in [0.29, 0.717) is 0 Å². The molecule has 22 valence electrons. The van der Waals surface area contributed by atoms with E-state index in [1.807, 2.05) is 20.3 Å². The molecule has 0 radical (unpaired) electrons. The molecule has 4 heavy (non-hydrogen) atoms. The number of hydrogen-bond donors (Lipinski definition) is 0. The molecule has 0 rings (SSSR count). The van der Waals surface area contributed by atoms with E-state index in [1.54, 1.807) is 0 Å². The zero-order valence-corrected chi connectivity index (χ0v) is 7.32. The molecule has 0 N–H and O–H groups in total. The minimum atomic E-state index is 0. The molecule has 0 saturated carbocycles. The third-order valence-corrected chi connectivity index (χ3v) is 0. The van der Waals surface area contributed by atoms with E-state index in [9.17, 15) is 0 Å². The average molecular weight is 156 g/mol. The van der Waals surface area contributed by atoms with Crippen LogP contribution in [0, 0.1) is 6.42 Å². The molecule has 0 nitrogen and oxygen atoms in total. The second-order valence-corrected chi connectivity index (χ2v) is 0.577. The Balaban J connectivity index is 0. The molecular weight excluding hydrogens is 148 g/mol. The van der Waals surface area contributed by atoms with Gasteiger partial charge in [-0.25, -0.2) is 0 Å². The van der Waals surface area contributed by atoms with Gasteiger partial charge in [0.05, 0.1) is 0 Å². The summed E-state index contributed by atoms with van der Waals surface area (Å²) in [5, 5.41) is 0. The van der Waals surface area contributed by atoms with E-state index >= 15 is 0 Å². The van der Waals surface area contributed by atoms with Crippen LogP contribution in [0.4, 0.5) is 0 Å². The number of rotatable bonds is 0. The van der Waals surface area contributed by atoms with Gasteiger partial charge in [-0.15, -0.1) is 0 Å². The molecule has 0 saturated heterocycles. The first-order valence-electron chi connectivity index (χ1n) is 1.15. The molecule has 0 aromatic heterocycles. The minimum absolute atomic E-state index is 0. The molecule has 0 aliphatic rings. The molecule has 0 aliphatic carbocycles. The van der Waals surface area contributed by atoms with Gasteiger partial charge in [-0.05, 0) is 0 Å². The summed E-state index contributed by atoms with van der Waals surface area (Å²) >= 11 is 0. The van der Waals surface area contributed by atoms with Crippen LogP contribution < -0.4 is 0 Å². The molecule has 0 aromatic carbocycles. The van der Waals surface area contributed by atoms with Crippen molar-refractivity contribution in [3.63, 3.8) is 0 Å². The Kier molecular flexibility index (Phi) is 20.1. The first kappa shape index (κ1) is 8.87. The Morgan fingerprint density at radius 2 is 1.25 bits per heavy atom. The van der Waals surface area contributed by atoms with Crippen LogP contribution in [0.25, 0.3) is 0 Å². The van der Waals surface area contributed by atoms with Gasteiger partial charge >= 0.3 is 0 Å². The van der Waals surface area contributed by atoms with Crippen LogP contribution in [0.3, 0.4) is 0 Å². The van der Waals surface area contributed by atoms with Crippen molar-refractivity contribution in [3.8, 4) is 0 Å². The van der Waals surface area contributed by atoms with Gasteiger partial charge in [-0.1, -0.05) is 0 Å². The zero-order valence-electron chi connectivity index (χ0n) is 3.28. The van der Waals surface area contributed by atoms with Crippen molar-refractivity contribution in [2.24, 2.45) is 0 Å². The van der Waals surface area contributed by atoms with Gasteiger partial charge < -0.3 is 6.42 Å². The predicted octanol–water partition coefficient (Wildman–Crippen LogP) is 1.23. The monoisotopic (exact) mass is 157 g/mol. The van der Waals surface area contributed by atoms with Gasteiger partial charge in [-0.3, -0.25) is 0 Å². The van der Waals surface area contributed by atoms with Crippen LogP contribution in [0.15, 0.2) is 0 Å². The molecule has 0 aromatic rings. The first-order valence-corrected chi connectivity index (χ1v) is 1.15. The second-order valence-electron chi connectivity index (χ2n) is 0.577. The summed E-state index contributed by atoms with van der Waals surface area (Å²) in [5.41, 5.74) is 0. The van der Waals surface area contributed by atoms with Gasteiger partial charge in [0.2, 0.25) is 0 Å². The van der Waals surface area contributed by atoms with Gasteiger partial charge in [0.15, 0.2) is 0 Å². The topological polar surface area (TPSA) is 0 Å². The van der Waals surface area contributed by atoms with Gasteiger partial charge in [0.25, 0.3) is 0 Å². The van der Waals surface area contributed by atoms with Crippen LogP contribution in [0.1, 0.15) is 13.8 Å². The summed E-state index contributed by atoms with van der Waals surface area (Å²) in [5.74, 6) is 0. The fourth-order valence-electron chi connectivity index (χ4n) is 0. The van der Waals surface area contributed by atoms with Crippen molar-refractivity contribution in [2.45, 2.75) is 13.8 Å². The SMILES string of the molecule is C[CH-]C.[Cd]. The van der Waals surface area contributed by atoms with Crippen LogP contribution >= 0.6 is 0 Å². The van der Waals surface area contributed by atoms with Crippen LogP contribution in [0.2, 0.25) is 0 Å². The van der Waals surface area contributed by atoms with E-state index < -0.39 is 0 Å². The maximum Gasteiger partial charge on any atom is 0 e. The second kappa shape index (κ2) is 9.06. The smallest absolute Gasteiger partial charge is 0 e. The third kappa shape index (κ3) is 12.7. The van der Waals surface area contributed by atoms with Crippen molar-refractivity contribution in [1.82, 2.24) is 0 Å². The molecule has 0 fully saturated rings. The standard InChI is InChI=1S/C3H7.Cd/c1-3-2;/h3H,1-2H3;/q-1;. The minimum Gasteiger partial charge on any atom is -0.335 e. The summed E-state index contributed by atoms with van der Waals surface area (Å²) in [7, 11) is 0. The molecule has 1 heteroatoms. The molecule has 0 amide bonds. The van der Waals surface area contributed by atoms with Crippen LogP contribution in [0.5, 0.6) is 0 Å². The molecule has 0 unspecified atom stereocenters. The average Bonchev–Trinajstić information content (AvgIpc) is 0.918. The van der Waals surface area contributed by atoms with E-state index in [2.05, 4.69) is 0 Å². The summed E-state index contributed by atoms with van der Waals surface area (Å²) in [4.78, 5) is 0. The maximum absolute atomic E-state index is 2.00. The maximum atomic E-state index is 2.00. The Bertz CT molecular complexity index is 3.25. The Hall–Kier alpha value is 0.922. The summed E-state index contributed by atoms with van der Waals surface area (Å²) < 4.78 is 0. The zero-order chi connectivity index (χ0) is 2.71. The third-order valence-electron chi connectivity index (χ3n) is 0. The van der Waals surface area contributed by atoms with Crippen molar-refractivity contribution >= 4 is 0 Å². The van der Waals surface area contributed by atoms with Gasteiger partial charge in [0.1, 0.15) is 0 Å². The molecule has 0 bridgehead atoms. The summed E-state index contributed by atoms with van der Waals surface area (Å²) in [6, 6.07) is 0. The quantitative estimate of drug-likeness (QED) is 0.365. The van der Waals surface area contributed by atoms with Crippen molar-refractivity contribution in [3.05, 3.63) is 6.42 Å². The number of hydrogen-bond acceptors (Lipinski definition) is 0. The predicted molar refractivity (Wildman–Crippen MR) is 15.6 cm³/mol. The van der Waals surface area contributed by atoms with E-state index in [1.165, 1.54) is 0 Å². The summed E-state index contributed by atoms with van der Waals surface area (Å²) in [6.07, 6.45) is 2.00. The molecule has 0 heterocycles. The Labute approximate surface area is 47.8 Å². The molecule has 0 aliphatic heterocycles. The van der Waals surface area contributed by atoms with Crippen molar-refractivity contribution in [2.75, 3.05) is 0 Å². The Morgan fingerprint density at radius 3 is 1.25 bits per heavy atom. The van der Waals surface area contributed by atoms with Gasteiger partial charge in [0, 0.05) is 27.3 Å². The van der Waals surface area contributed by atoms with Crippen LogP contribution in [-0.2, 0) is 27.3 Å². The van der Waals surface area contributed by atoms with Crippen LogP contribution in [-0.4, -0.2) is 0 Å². The first-order chi connectivity index (χ1) is 1.41. The fraction of sp³-hybridized carbons (Fsp3) is 0.667. The van der Waals surface area contributed by atoms with Crippen molar-refractivity contribution < 1.29 is 27.3 Å². The fourth-order valence-corrected chi connectivity index (χ4v) is 0. The van der Waals surface area contributed by atoms with Gasteiger partial charge in [-0.2, -0.15) is 13.8 Å². The normalized spacial score (nSPS) is 4.50. The van der Waals surface area contributed by atoms with E-state index in [4.69, 9.17) is 0 Å². The Morgan fingerprint density at radius 1 is 1.25 bits per heavy atom. The largest absolute Gasteiger partial charge is 0.335 e. The summed E-state index contributed by atoms with van der Waals surface area (Å²) in [6.45, 7) is 4.00. The van der Waals surface area contributed by atoms with E-state index in [-0.39, 0.29) is 27.3 Å². The molecule has 0 spiro atoms. The van der Waals surface area contributed by atoms with E-state index in [0.717, 1.165) is 0 Å². The molecular formula is C3H7Cd-. The molecule has 0 atom stereocenters. The van der Waals surface area contributed by atoms with Crippen molar-refractivity contribution in [1.29, 1.82) is 0 Å².